The van der Waals surface area contributed by atoms with Gasteiger partial charge >= 0.3 is 0 Å². The summed E-state index contributed by atoms with van der Waals surface area (Å²) in [4.78, 5) is 12.3. The van der Waals surface area contributed by atoms with Gasteiger partial charge in [0.25, 0.3) is 0 Å². The largest absolute Gasteiger partial charge is 0.394 e. The zero-order valence-electron chi connectivity index (χ0n) is 37.6. The van der Waals surface area contributed by atoms with E-state index in [-0.39, 0.29) is 18.9 Å². The number of rotatable bonds is 43. The number of carbonyl (C=O) groups is 1. The molecule has 0 heterocycles. The van der Waals surface area contributed by atoms with E-state index in [1.807, 2.05) is 18.2 Å². The van der Waals surface area contributed by atoms with Crippen molar-refractivity contribution in [2.24, 2.45) is 0 Å². The molecule has 3 N–H and O–H groups in total. The molecule has 0 aliphatic carbocycles. The van der Waals surface area contributed by atoms with Crippen molar-refractivity contribution in [3.8, 4) is 0 Å². The van der Waals surface area contributed by atoms with Gasteiger partial charge in [0.2, 0.25) is 5.91 Å². The summed E-state index contributed by atoms with van der Waals surface area (Å²) in [5.74, 6) is -0.202. The summed E-state index contributed by atoms with van der Waals surface area (Å²) < 4.78 is 0. The van der Waals surface area contributed by atoms with Crippen molar-refractivity contribution < 1.29 is 15.0 Å². The van der Waals surface area contributed by atoms with Crippen LogP contribution in [0.3, 0.4) is 0 Å². The lowest BCUT2D eigenvalue weighted by molar-refractivity contribution is -0.122. The Balaban J connectivity index is 3.61. The van der Waals surface area contributed by atoms with Crippen molar-refractivity contribution in [1.29, 1.82) is 0 Å². The number of hydrogen-bond donors (Lipinski definition) is 3. The van der Waals surface area contributed by atoms with E-state index >= 15 is 0 Å². The normalized spacial score (nSPS) is 13.7. The van der Waals surface area contributed by atoms with Crippen LogP contribution in [0.5, 0.6) is 0 Å². The lowest BCUT2D eigenvalue weighted by Gasteiger charge is -2.19. The van der Waals surface area contributed by atoms with Crippen LogP contribution in [0.1, 0.15) is 226 Å². The molecule has 328 valence electrons. The van der Waals surface area contributed by atoms with Crippen molar-refractivity contribution in [3.63, 3.8) is 0 Å². The van der Waals surface area contributed by atoms with Gasteiger partial charge in [0.15, 0.2) is 0 Å². The van der Waals surface area contributed by atoms with Crippen LogP contribution in [0.25, 0.3) is 0 Å². The molecular formula is C53H93NO3. The molecule has 0 spiro atoms. The number of aliphatic hydroxyl groups excluding tert-OH is 2. The Kier molecular flexibility index (Phi) is 45.9. The summed E-state index contributed by atoms with van der Waals surface area (Å²) in [6.07, 6.45) is 70.4. The van der Waals surface area contributed by atoms with Gasteiger partial charge in [-0.2, -0.15) is 0 Å². The van der Waals surface area contributed by atoms with Crippen LogP contribution in [0.2, 0.25) is 0 Å². The zero-order valence-corrected chi connectivity index (χ0v) is 37.6. The number of carbonyl (C=O) groups excluding carboxylic acids is 1. The number of aliphatic hydroxyl groups is 2. The van der Waals surface area contributed by atoms with Gasteiger partial charge in [-0.25, -0.2) is 0 Å². The second-order valence-corrected chi connectivity index (χ2v) is 16.2. The maximum Gasteiger partial charge on any atom is 0.224 e. The smallest absolute Gasteiger partial charge is 0.224 e. The number of nitrogens with one attached hydrogen (secondary N) is 1. The van der Waals surface area contributed by atoms with Gasteiger partial charge in [0.1, 0.15) is 0 Å². The molecule has 0 radical (unpaired) electrons. The van der Waals surface area contributed by atoms with Gasteiger partial charge < -0.3 is 15.5 Å². The Bertz CT molecular complexity index is 1030. The SMILES string of the molecule is CC/C=C\C/C=C\C/C=C\C/C=C\C/C=C\CC(=O)NC(CO)C(O)/C=C/CC/C=C/CCCCCCCCCCCCCCCCCCCCCCCCCC. The van der Waals surface area contributed by atoms with Crippen LogP contribution >= 0.6 is 0 Å². The molecule has 2 atom stereocenters. The first-order valence-electron chi connectivity index (χ1n) is 24.3. The summed E-state index contributed by atoms with van der Waals surface area (Å²) >= 11 is 0. The second kappa shape index (κ2) is 47.9. The van der Waals surface area contributed by atoms with Gasteiger partial charge in [-0.1, -0.05) is 247 Å². The van der Waals surface area contributed by atoms with Crippen LogP contribution in [0.15, 0.2) is 85.1 Å². The average molecular weight is 792 g/mol. The first-order chi connectivity index (χ1) is 28.2. The second-order valence-electron chi connectivity index (χ2n) is 16.2. The van der Waals surface area contributed by atoms with E-state index in [0.717, 1.165) is 51.4 Å². The van der Waals surface area contributed by atoms with Crippen LogP contribution in [0.4, 0.5) is 0 Å². The molecule has 0 aliphatic rings. The van der Waals surface area contributed by atoms with Crippen molar-refractivity contribution in [3.05, 3.63) is 85.1 Å². The van der Waals surface area contributed by atoms with Gasteiger partial charge in [-0.3, -0.25) is 4.79 Å². The minimum Gasteiger partial charge on any atom is -0.394 e. The molecule has 0 rings (SSSR count). The first-order valence-corrected chi connectivity index (χ1v) is 24.3. The quantitative estimate of drug-likeness (QED) is 0.0425. The fourth-order valence-electron chi connectivity index (χ4n) is 6.97. The van der Waals surface area contributed by atoms with Crippen molar-refractivity contribution in [1.82, 2.24) is 5.32 Å². The van der Waals surface area contributed by atoms with E-state index in [1.165, 1.54) is 154 Å². The molecule has 1 amide bonds. The molecule has 4 nitrogen and oxygen atoms in total. The lowest BCUT2D eigenvalue weighted by Crippen LogP contribution is -2.44. The summed E-state index contributed by atoms with van der Waals surface area (Å²) in [5, 5.41) is 22.9. The van der Waals surface area contributed by atoms with Crippen LogP contribution in [-0.2, 0) is 4.79 Å². The summed E-state index contributed by atoms with van der Waals surface area (Å²) in [6, 6.07) is -0.698. The molecule has 57 heavy (non-hydrogen) atoms. The molecule has 0 saturated carbocycles. The molecule has 0 aromatic heterocycles. The number of amides is 1. The average Bonchev–Trinajstić information content (AvgIpc) is 3.22. The Labute approximate surface area is 354 Å². The predicted molar refractivity (Wildman–Crippen MR) is 253 cm³/mol. The maximum absolute atomic E-state index is 12.3. The fourth-order valence-corrected chi connectivity index (χ4v) is 6.97. The van der Waals surface area contributed by atoms with E-state index in [0.29, 0.717) is 0 Å². The van der Waals surface area contributed by atoms with Crippen LogP contribution in [-0.4, -0.2) is 34.9 Å². The van der Waals surface area contributed by atoms with Gasteiger partial charge in [-0.05, 0) is 57.8 Å². The highest BCUT2D eigenvalue weighted by atomic mass is 16.3. The molecule has 0 aliphatic heterocycles. The molecule has 0 saturated heterocycles. The van der Waals surface area contributed by atoms with Crippen molar-refractivity contribution in [2.45, 2.75) is 238 Å². The number of hydrogen-bond acceptors (Lipinski definition) is 3. The van der Waals surface area contributed by atoms with E-state index in [1.54, 1.807) is 6.08 Å². The van der Waals surface area contributed by atoms with Gasteiger partial charge in [-0.15, -0.1) is 0 Å². The summed E-state index contributed by atoms with van der Waals surface area (Å²) in [6.45, 7) is 4.14. The minimum atomic E-state index is -0.907. The van der Waals surface area contributed by atoms with E-state index in [9.17, 15) is 15.0 Å². The Morgan fingerprint density at radius 2 is 0.789 bits per heavy atom. The first kappa shape index (κ1) is 54.6. The predicted octanol–water partition coefficient (Wildman–Crippen LogP) is 15.6. The molecule has 0 aromatic rings. The topological polar surface area (TPSA) is 69.6 Å². The van der Waals surface area contributed by atoms with Crippen LogP contribution in [0, 0.1) is 0 Å². The minimum absolute atomic E-state index is 0.202. The fraction of sp³-hybridized carbons (Fsp3) is 0.717. The van der Waals surface area contributed by atoms with Crippen molar-refractivity contribution >= 4 is 5.91 Å². The Morgan fingerprint density at radius 1 is 0.439 bits per heavy atom. The monoisotopic (exact) mass is 792 g/mol. The molecule has 4 heteroatoms. The lowest BCUT2D eigenvalue weighted by atomic mass is 10.0. The molecule has 0 fully saturated rings. The summed E-state index contributed by atoms with van der Waals surface area (Å²) in [7, 11) is 0. The molecular weight excluding hydrogens is 699 g/mol. The van der Waals surface area contributed by atoms with Crippen molar-refractivity contribution in [2.75, 3.05) is 6.61 Å². The third kappa shape index (κ3) is 44.5. The maximum atomic E-state index is 12.3. The molecule has 0 aromatic carbocycles. The highest BCUT2D eigenvalue weighted by molar-refractivity contribution is 5.77. The van der Waals surface area contributed by atoms with Crippen LogP contribution < -0.4 is 5.32 Å². The number of unbranched alkanes of at least 4 members (excludes halogenated alkanes) is 25. The standard InChI is InChI=1S/C53H93NO3/c1-3-5-7-9-11-13-15-17-19-20-21-22-23-24-25-26-27-28-29-30-31-32-33-35-36-38-40-42-44-46-48-52(56)51(50-55)54-53(57)49-47-45-43-41-39-37-34-18-16-14-12-10-8-6-4-2/h6,8,12,14,18,34,38-41,45-48,51-52,55-56H,3-5,7,9-11,13,15-17,19-33,35-37,42-44,49-50H2,1-2H3,(H,54,57)/b8-6-,14-12-,34-18-,40-38+,41-39-,47-45-,48-46+. The number of allylic oxidation sites excluding steroid dienone is 12. The summed E-state index contributed by atoms with van der Waals surface area (Å²) in [5.41, 5.74) is 0. The zero-order chi connectivity index (χ0) is 41.4. The van der Waals surface area contributed by atoms with E-state index < -0.39 is 12.1 Å². The Morgan fingerprint density at radius 3 is 1.19 bits per heavy atom. The molecule has 2 unspecified atom stereocenters. The van der Waals surface area contributed by atoms with E-state index in [4.69, 9.17) is 0 Å². The van der Waals surface area contributed by atoms with E-state index in [2.05, 4.69) is 79.9 Å². The van der Waals surface area contributed by atoms with Gasteiger partial charge in [0, 0.05) is 6.42 Å². The van der Waals surface area contributed by atoms with Gasteiger partial charge in [0.05, 0.1) is 18.8 Å². The molecule has 0 bridgehead atoms. The Hall–Kier alpha value is -2.43. The third-order valence-corrected chi connectivity index (χ3v) is 10.6. The third-order valence-electron chi connectivity index (χ3n) is 10.6. The highest BCUT2D eigenvalue weighted by Crippen LogP contribution is 2.16. The highest BCUT2D eigenvalue weighted by Gasteiger charge is 2.17.